The Morgan fingerprint density at radius 2 is 1.85 bits per heavy atom. The van der Waals surface area contributed by atoms with E-state index in [1.54, 1.807) is 12.1 Å². The Bertz CT molecular complexity index is 1390. The molecule has 33 heavy (non-hydrogen) atoms. The summed E-state index contributed by atoms with van der Waals surface area (Å²) in [5, 5.41) is 11.2. The number of anilines is 1. The average molecular weight is 461 g/mol. The van der Waals surface area contributed by atoms with Crippen LogP contribution in [0.4, 0.5) is 5.69 Å². The molecule has 4 aromatic rings. The van der Waals surface area contributed by atoms with Gasteiger partial charge in [0.1, 0.15) is 0 Å². The van der Waals surface area contributed by atoms with Crippen molar-refractivity contribution in [1.82, 2.24) is 4.98 Å². The maximum atomic E-state index is 13.2. The lowest BCUT2D eigenvalue weighted by atomic mass is 10.1. The van der Waals surface area contributed by atoms with Gasteiger partial charge in [0.15, 0.2) is 9.84 Å². The first-order chi connectivity index (χ1) is 15.9. The summed E-state index contributed by atoms with van der Waals surface area (Å²) in [5.41, 5.74) is 5.86. The van der Waals surface area contributed by atoms with Crippen molar-refractivity contribution in [1.29, 1.82) is 0 Å². The highest BCUT2D eigenvalue weighted by Crippen LogP contribution is 2.36. The van der Waals surface area contributed by atoms with E-state index in [2.05, 4.69) is 41.1 Å². The van der Waals surface area contributed by atoms with E-state index in [9.17, 15) is 13.5 Å². The van der Waals surface area contributed by atoms with Gasteiger partial charge in [-0.1, -0.05) is 42.5 Å². The second kappa shape index (κ2) is 8.69. The first-order valence-corrected chi connectivity index (χ1v) is 13.0. The summed E-state index contributed by atoms with van der Waals surface area (Å²) in [6, 6.07) is 23.4. The molecule has 0 radical (unpaired) electrons. The summed E-state index contributed by atoms with van der Waals surface area (Å²) in [6.45, 7) is 3.34. The van der Waals surface area contributed by atoms with Gasteiger partial charge >= 0.3 is 0 Å². The zero-order valence-electron chi connectivity index (χ0n) is 18.7. The van der Waals surface area contributed by atoms with Crippen LogP contribution in [0.5, 0.6) is 0 Å². The highest BCUT2D eigenvalue weighted by molar-refractivity contribution is 7.91. The van der Waals surface area contributed by atoms with Gasteiger partial charge in [-0.15, -0.1) is 0 Å². The lowest BCUT2D eigenvalue weighted by molar-refractivity contribution is 0.198. The Morgan fingerprint density at radius 3 is 2.61 bits per heavy atom. The number of nitrogens with one attached hydrogen (secondary N) is 1. The number of nitrogens with zero attached hydrogens (tertiary/aromatic N) is 1. The van der Waals surface area contributed by atoms with Crippen LogP contribution >= 0.6 is 0 Å². The fourth-order valence-corrected chi connectivity index (χ4v) is 5.87. The number of aromatic nitrogens is 1. The molecule has 0 amide bonds. The second-order valence-electron chi connectivity index (χ2n) is 8.90. The van der Waals surface area contributed by atoms with E-state index in [1.807, 2.05) is 36.4 Å². The topological polar surface area (TPSA) is 73.4 Å². The number of aliphatic hydroxyl groups excluding tert-OH is 1. The van der Waals surface area contributed by atoms with Crippen molar-refractivity contribution < 1.29 is 13.5 Å². The van der Waals surface area contributed by atoms with Crippen LogP contribution in [0.25, 0.3) is 22.2 Å². The summed E-state index contributed by atoms with van der Waals surface area (Å²) in [6.07, 6.45) is 0.824. The molecule has 0 unspecified atom stereocenters. The van der Waals surface area contributed by atoms with Gasteiger partial charge < -0.3 is 15.0 Å². The first kappa shape index (κ1) is 21.7. The molecule has 5 rings (SSSR count). The zero-order chi connectivity index (χ0) is 23.0. The van der Waals surface area contributed by atoms with E-state index in [1.165, 1.54) is 0 Å². The number of aliphatic hydroxyl groups is 1. The molecule has 0 aliphatic carbocycles. The van der Waals surface area contributed by atoms with Crippen molar-refractivity contribution in [2.45, 2.75) is 30.8 Å². The predicted molar refractivity (Wildman–Crippen MR) is 134 cm³/mol. The minimum absolute atomic E-state index is 0.0596. The Balaban J connectivity index is 1.55. The van der Waals surface area contributed by atoms with Crippen LogP contribution in [0, 0.1) is 6.92 Å². The van der Waals surface area contributed by atoms with Crippen LogP contribution in [-0.2, 0) is 16.3 Å². The number of fused-ring (bicyclic) bond motifs is 1. The third-order valence-electron chi connectivity index (χ3n) is 6.40. The van der Waals surface area contributed by atoms with Crippen LogP contribution < -0.4 is 4.90 Å². The number of β-amino-alcohol motifs (C(OH)–C–C–N with tert-alkyl or cyclic N) is 1. The monoisotopic (exact) mass is 460 g/mol. The van der Waals surface area contributed by atoms with Crippen molar-refractivity contribution in [3.8, 4) is 11.3 Å². The lowest BCUT2D eigenvalue weighted by Gasteiger charge is -2.22. The van der Waals surface area contributed by atoms with Gasteiger partial charge in [-0.3, -0.25) is 0 Å². The molecule has 1 atom stereocenters. The molecular formula is C27H28N2O3S. The number of H-pyrrole nitrogens is 1. The molecular weight excluding hydrogens is 432 g/mol. The largest absolute Gasteiger partial charge is 0.391 e. The van der Waals surface area contributed by atoms with Crippen molar-refractivity contribution in [2.24, 2.45) is 0 Å². The molecule has 0 spiro atoms. The molecule has 1 aliphatic rings. The number of aryl methyl sites for hydroxylation is 2. The number of aromatic amines is 1. The summed E-state index contributed by atoms with van der Waals surface area (Å²) >= 11 is 0. The smallest absolute Gasteiger partial charge is 0.178 e. The third-order valence-corrected chi connectivity index (χ3v) is 8.12. The van der Waals surface area contributed by atoms with Gasteiger partial charge in [-0.25, -0.2) is 8.42 Å². The van der Waals surface area contributed by atoms with E-state index >= 15 is 0 Å². The van der Waals surface area contributed by atoms with Gasteiger partial charge in [0, 0.05) is 40.9 Å². The second-order valence-corrected chi connectivity index (χ2v) is 11.0. The van der Waals surface area contributed by atoms with Gasteiger partial charge in [-0.2, -0.15) is 0 Å². The molecule has 6 heteroatoms. The quantitative estimate of drug-likeness (QED) is 0.436. The van der Waals surface area contributed by atoms with Gasteiger partial charge in [0.2, 0.25) is 0 Å². The highest BCUT2D eigenvalue weighted by Gasteiger charge is 2.25. The number of benzene rings is 3. The number of rotatable bonds is 6. The van der Waals surface area contributed by atoms with E-state index in [0.717, 1.165) is 45.5 Å². The van der Waals surface area contributed by atoms with Gasteiger partial charge in [0.05, 0.1) is 16.8 Å². The first-order valence-electron chi connectivity index (χ1n) is 11.3. The van der Waals surface area contributed by atoms with E-state index in [-0.39, 0.29) is 11.9 Å². The summed E-state index contributed by atoms with van der Waals surface area (Å²) in [5.74, 6) is 0.0596. The fraction of sp³-hybridized carbons (Fsp3) is 0.259. The fourth-order valence-electron chi connectivity index (χ4n) is 4.56. The SMILES string of the molecule is Cc1ccc2cc(-c3cc(S(=O)(=O)CCc4ccccc4)ccc3N3CC[C@H](O)C3)[nH]c2c1. The van der Waals surface area contributed by atoms with Crippen LogP contribution in [0.3, 0.4) is 0 Å². The molecule has 1 saturated heterocycles. The van der Waals surface area contributed by atoms with E-state index in [4.69, 9.17) is 0 Å². The normalized spacial score (nSPS) is 16.5. The minimum atomic E-state index is -3.46. The Labute approximate surface area is 194 Å². The number of hydrogen-bond donors (Lipinski definition) is 2. The van der Waals surface area contributed by atoms with E-state index < -0.39 is 9.84 Å². The lowest BCUT2D eigenvalue weighted by Crippen LogP contribution is -2.22. The number of hydrogen-bond acceptors (Lipinski definition) is 4. The molecule has 0 saturated carbocycles. The summed E-state index contributed by atoms with van der Waals surface area (Å²) in [7, 11) is -3.46. The van der Waals surface area contributed by atoms with Crippen molar-refractivity contribution in [3.05, 3.63) is 83.9 Å². The predicted octanol–water partition coefficient (Wildman–Crippen LogP) is 4.73. The third kappa shape index (κ3) is 4.54. The number of sulfone groups is 1. The highest BCUT2D eigenvalue weighted by atomic mass is 32.2. The molecule has 0 bridgehead atoms. The Hall–Kier alpha value is -3.09. The van der Waals surface area contributed by atoms with Crippen LogP contribution in [0.1, 0.15) is 17.5 Å². The average Bonchev–Trinajstić information content (AvgIpc) is 3.44. The molecule has 170 valence electrons. The molecule has 2 N–H and O–H groups in total. The molecule has 2 heterocycles. The van der Waals surface area contributed by atoms with E-state index in [0.29, 0.717) is 24.3 Å². The van der Waals surface area contributed by atoms with Crippen molar-refractivity contribution in [2.75, 3.05) is 23.7 Å². The molecule has 1 fully saturated rings. The van der Waals surface area contributed by atoms with Crippen molar-refractivity contribution in [3.63, 3.8) is 0 Å². The summed E-state index contributed by atoms with van der Waals surface area (Å²) in [4.78, 5) is 5.94. The van der Waals surface area contributed by atoms with Crippen LogP contribution in [0.2, 0.25) is 0 Å². The molecule has 1 aromatic heterocycles. The van der Waals surface area contributed by atoms with Gasteiger partial charge in [-0.05, 0) is 61.2 Å². The Morgan fingerprint density at radius 1 is 1.03 bits per heavy atom. The maximum absolute atomic E-state index is 13.2. The van der Waals surface area contributed by atoms with Crippen molar-refractivity contribution >= 4 is 26.4 Å². The maximum Gasteiger partial charge on any atom is 0.178 e. The Kier molecular flexibility index (Phi) is 5.72. The van der Waals surface area contributed by atoms with Gasteiger partial charge in [0.25, 0.3) is 0 Å². The van der Waals surface area contributed by atoms with Crippen LogP contribution in [-0.4, -0.2) is 43.5 Å². The zero-order valence-corrected chi connectivity index (χ0v) is 19.5. The molecule has 5 nitrogen and oxygen atoms in total. The summed E-state index contributed by atoms with van der Waals surface area (Å²) < 4.78 is 26.5. The van der Waals surface area contributed by atoms with Crippen LogP contribution in [0.15, 0.2) is 77.7 Å². The molecule has 1 aliphatic heterocycles. The minimum Gasteiger partial charge on any atom is -0.391 e. The molecule has 3 aromatic carbocycles. The standard InChI is InChI=1S/C27H28N2O3S/c1-19-7-8-21-16-26(28-25(21)15-19)24-17-23(9-10-27(24)29-13-11-22(30)18-29)33(31,32)14-12-20-5-3-2-4-6-20/h2-10,15-17,22,28,30H,11-14,18H2,1H3/t22-/m0/s1.